The summed E-state index contributed by atoms with van der Waals surface area (Å²) in [4.78, 5) is 14.1. The van der Waals surface area contributed by atoms with Gasteiger partial charge in [-0.1, -0.05) is 13.0 Å². The number of hydrogen-bond acceptors (Lipinski definition) is 2. The van der Waals surface area contributed by atoms with Crippen molar-refractivity contribution in [2.45, 2.75) is 39.0 Å². The van der Waals surface area contributed by atoms with Crippen LogP contribution in [-0.2, 0) is 4.79 Å². The van der Waals surface area contributed by atoms with Gasteiger partial charge in [0.1, 0.15) is 0 Å². The van der Waals surface area contributed by atoms with Crippen LogP contribution in [0.25, 0.3) is 0 Å². The molecule has 0 spiro atoms. The number of nitrogens with one attached hydrogen (secondary N) is 1. The van der Waals surface area contributed by atoms with Gasteiger partial charge in [0.05, 0.1) is 0 Å². The van der Waals surface area contributed by atoms with Gasteiger partial charge in [-0.3, -0.25) is 4.79 Å². The van der Waals surface area contributed by atoms with Crippen LogP contribution in [0.3, 0.4) is 0 Å². The van der Waals surface area contributed by atoms with Crippen LogP contribution in [0.2, 0.25) is 0 Å². The van der Waals surface area contributed by atoms with Crippen molar-refractivity contribution in [2.24, 2.45) is 5.92 Å². The summed E-state index contributed by atoms with van der Waals surface area (Å²) in [5.74, 6) is 0.931. The summed E-state index contributed by atoms with van der Waals surface area (Å²) >= 11 is 0. The van der Waals surface area contributed by atoms with Crippen molar-refractivity contribution in [2.75, 3.05) is 26.2 Å². The molecule has 1 atom stereocenters. The number of nitrogens with zero attached hydrogens (tertiary/aromatic N) is 1. The molecule has 1 amide bonds. The summed E-state index contributed by atoms with van der Waals surface area (Å²) in [5, 5.41) is 3.41. The van der Waals surface area contributed by atoms with Crippen LogP contribution in [0.4, 0.5) is 0 Å². The van der Waals surface area contributed by atoms with Gasteiger partial charge in [0.25, 0.3) is 0 Å². The molecule has 0 radical (unpaired) electrons. The number of allylic oxidation sites excluding steroid dienone is 1. The minimum Gasteiger partial charge on any atom is -0.342 e. The molecule has 1 aliphatic heterocycles. The predicted molar refractivity (Wildman–Crippen MR) is 71.9 cm³/mol. The van der Waals surface area contributed by atoms with E-state index in [9.17, 15) is 4.79 Å². The molecule has 0 bridgehead atoms. The highest BCUT2D eigenvalue weighted by Gasteiger charge is 2.19. The van der Waals surface area contributed by atoms with Crippen molar-refractivity contribution in [3.63, 3.8) is 0 Å². The minimum atomic E-state index is 0.289. The van der Waals surface area contributed by atoms with Crippen LogP contribution in [0, 0.1) is 5.92 Å². The molecule has 0 aromatic rings. The second kappa shape index (κ2) is 8.29. The third kappa shape index (κ3) is 5.35. The molecule has 0 aliphatic carbocycles. The first-order chi connectivity index (χ1) is 8.27. The fourth-order valence-electron chi connectivity index (χ4n) is 2.36. The summed E-state index contributed by atoms with van der Waals surface area (Å²) in [6.07, 6.45) is 6.77. The lowest BCUT2D eigenvalue weighted by Crippen LogP contribution is -2.41. The number of carbonyl (C=O) groups excluding carboxylic acids is 1. The smallest absolute Gasteiger partial charge is 0.222 e. The monoisotopic (exact) mass is 238 g/mol. The predicted octanol–water partition coefficient (Wildman–Crippen LogP) is 2.19. The number of carbonyl (C=O) groups is 1. The number of rotatable bonds is 7. The molecule has 3 heteroatoms. The Labute approximate surface area is 105 Å². The van der Waals surface area contributed by atoms with E-state index >= 15 is 0 Å². The SMILES string of the molecule is C=CCCC(=O)N(CCC)CC1CCCNC1. The molecule has 1 heterocycles. The van der Waals surface area contributed by atoms with Crippen molar-refractivity contribution in [1.29, 1.82) is 0 Å². The van der Waals surface area contributed by atoms with Crippen LogP contribution in [-0.4, -0.2) is 37.0 Å². The van der Waals surface area contributed by atoms with Gasteiger partial charge >= 0.3 is 0 Å². The fourth-order valence-corrected chi connectivity index (χ4v) is 2.36. The summed E-state index contributed by atoms with van der Waals surface area (Å²) in [5.41, 5.74) is 0. The van der Waals surface area contributed by atoms with E-state index in [0.717, 1.165) is 39.0 Å². The number of hydrogen-bond donors (Lipinski definition) is 1. The second-order valence-corrected chi connectivity index (χ2v) is 4.88. The third-order valence-corrected chi connectivity index (χ3v) is 3.29. The largest absolute Gasteiger partial charge is 0.342 e. The van der Waals surface area contributed by atoms with E-state index in [4.69, 9.17) is 0 Å². The highest BCUT2D eigenvalue weighted by Crippen LogP contribution is 2.13. The Morgan fingerprint density at radius 3 is 3.00 bits per heavy atom. The Morgan fingerprint density at radius 1 is 1.59 bits per heavy atom. The summed E-state index contributed by atoms with van der Waals surface area (Å²) in [7, 11) is 0. The van der Waals surface area contributed by atoms with E-state index in [1.807, 2.05) is 11.0 Å². The average Bonchev–Trinajstić information content (AvgIpc) is 2.36. The van der Waals surface area contributed by atoms with Gasteiger partial charge in [0, 0.05) is 19.5 Å². The zero-order valence-corrected chi connectivity index (χ0v) is 11.1. The van der Waals surface area contributed by atoms with Crippen molar-refractivity contribution in [3.8, 4) is 0 Å². The normalized spacial score (nSPS) is 19.9. The van der Waals surface area contributed by atoms with Gasteiger partial charge in [0.2, 0.25) is 5.91 Å². The Morgan fingerprint density at radius 2 is 2.41 bits per heavy atom. The van der Waals surface area contributed by atoms with Crippen LogP contribution >= 0.6 is 0 Å². The molecule has 1 N–H and O–H groups in total. The van der Waals surface area contributed by atoms with E-state index in [1.54, 1.807) is 0 Å². The van der Waals surface area contributed by atoms with E-state index in [2.05, 4.69) is 18.8 Å². The molecular weight excluding hydrogens is 212 g/mol. The lowest BCUT2D eigenvalue weighted by molar-refractivity contribution is -0.131. The molecule has 0 aromatic carbocycles. The lowest BCUT2D eigenvalue weighted by atomic mass is 9.99. The molecule has 1 unspecified atom stereocenters. The van der Waals surface area contributed by atoms with Gasteiger partial charge < -0.3 is 10.2 Å². The summed E-state index contributed by atoms with van der Waals surface area (Å²) < 4.78 is 0. The lowest BCUT2D eigenvalue weighted by Gasteiger charge is -2.30. The van der Waals surface area contributed by atoms with E-state index in [-0.39, 0.29) is 5.91 Å². The Bertz CT molecular complexity index is 234. The van der Waals surface area contributed by atoms with Crippen molar-refractivity contribution in [1.82, 2.24) is 10.2 Å². The highest BCUT2D eigenvalue weighted by molar-refractivity contribution is 5.76. The van der Waals surface area contributed by atoms with E-state index < -0.39 is 0 Å². The molecule has 98 valence electrons. The van der Waals surface area contributed by atoms with E-state index in [0.29, 0.717) is 12.3 Å². The van der Waals surface area contributed by atoms with Crippen LogP contribution < -0.4 is 5.32 Å². The van der Waals surface area contributed by atoms with Gasteiger partial charge in [-0.2, -0.15) is 0 Å². The molecule has 17 heavy (non-hydrogen) atoms. The molecular formula is C14H26N2O. The average molecular weight is 238 g/mol. The van der Waals surface area contributed by atoms with Crippen LogP contribution in [0.15, 0.2) is 12.7 Å². The molecule has 1 saturated heterocycles. The number of amides is 1. The van der Waals surface area contributed by atoms with Crippen molar-refractivity contribution in [3.05, 3.63) is 12.7 Å². The molecule has 1 fully saturated rings. The topological polar surface area (TPSA) is 32.3 Å². The standard InChI is InChI=1S/C14H26N2O/c1-3-5-8-14(17)16(10-4-2)12-13-7-6-9-15-11-13/h3,13,15H,1,4-12H2,2H3. The first-order valence-electron chi connectivity index (χ1n) is 6.87. The maximum atomic E-state index is 12.0. The van der Waals surface area contributed by atoms with Crippen LogP contribution in [0.5, 0.6) is 0 Å². The zero-order valence-electron chi connectivity index (χ0n) is 11.1. The maximum Gasteiger partial charge on any atom is 0.222 e. The van der Waals surface area contributed by atoms with Gasteiger partial charge in [-0.05, 0) is 44.7 Å². The summed E-state index contributed by atoms with van der Waals surface area (Å²) in [6.45, 7) is 9.83. The molecule has 3 nitrogen and oxygen atoms in total. The van der Waals surface area contributed by atoms with Crippen LogP contribution in [0.1, 0.15) is 39.0 Å². The zero-order chi connectivity index (χ0) is 12.5. The third-order valence-electron chi connectivity index (χ3n) is 3.29. The Kier molecular flexibility index (Phi) is 6.94. The quantitative estimate of drug-likeness (QED) is 0.690. The molecule has 0 saturated carbocycles. The Hall–Kier alpha value is -0.830. The molecule has 1 rings (SSSR count). The van der Waals surface area contributed by atoms with Crippen molar-refractivity contribution < 1.29 is 4.79 Å². The molecule has 1 aliphatic rings. The molecule has 0 aromatic heterocycles. The summed E-state index contributed by atoms with van der Waals surface area (Å²) in [6, 6.07) is 0. The van der Waals surface area contributed by atoms with Gasteiger partial charge in [-0.15, -0.1) is 6.58 Å². The van der Waals surface area contributed by atoms with E-state index in [1.165, 1.54) is 12.8 Å². The minimum absolute atomic E-state index is 0.289. The second-order valence-electron chi connectivity index (χ2n) is 4.88. The maximum absolute atomic E-state index is 12.0. The first-order valence-corrected chi connectivity index (χ1v) is 6.87. The first kappa shape index (κ1) is 14.2. The Balaban J connectivity index is 2.39. The van der Waals surface area contributed by atoms with Gasteiger partial charge in [0.15, 0.2) is 0 Å². The fraction of sp³-hybridized carbons (Fsp3) is 0.786. The highest BCUT2D eigenvalue weighted by atomic mass is 16.2. The van der Waals surface area contributed by atoms with Gasteiger partial charge in [-0.25, -0.2) is 0 Å². The number of piperidine rings is 1. The van der Waals surface area contributed by atoms with Crippen molar-refractivity contribution >= 4 is 5.91 Å².